The lowest BCUT2D eigenvalue weighted by Gasteiger charge is -2.12. The molecule has 10 heteroatoms. The number of anilines is 1. The number of halogens is 1. The zero-order chi connectivity index (χ0) is 22.0. The molecule has 0 spiro atoms. The van der Waals surface area contributed by atoms with E-state index < -0.39 is 5.69 Å². The van der Waals surface area contributed by atoms with Crippen molar-refractivity contribution in [1.82, 2.24) is 19.4 Å². The van der Waals surface area contributed by atoms with Crippen LogP contribution in [0.1, 0.15) is 25.3 Å². The summed E-state index contributed by atoms with van der Waals surface area (Å²) in [6.07, 6.45) is 2.81. The van der Waals surface area contributed by atoms with E-state index in [4.69, 9.17) is 11.6 Å². The maximum absolute atomic E-state index is 12.9. The van der Waals surface area contributed by atoms with E-state index in [1.54, 1.807) is 6.92 Å². The van der Waals surface area contributed by atoms with Gasteiger partial charge < -0.3 is 10.2 Å². The monoisotopic (exact) mass is 461 g/mol. The van der Waals surface area contributed by atoms with Crippen molar-refractivity contribution < 1.29 is 4.79 Å². The molecular formula is C21H24ClN5O3S. The number of thiazole rings is 1. The summed E-state index contributed by atoms with van der Waals surface area (Å²) in [6, 6.07) is 7.44. The van der Waals surface area contributed by atoms with Gasteiger partial charge in [-0.15, -0.1) is 0 Å². The number of hydrogen-bond acceptors (Lipinski definition) is 6. The lowest BCUT2D eigenvalue weighted by Crippen LogP contribution is -2.42. The Labute approximate surface area is 188 Å². The number of amides is 1. The van der Waals surface area contributed by atoms with Gasteiger partial charge in [-0.2, -0.15) is 0 Å². The average Bonchev–Trinajstić information content (AvgIpc) is 3.43. The van der Waals surface area contributed by atoms with Gasteiger partial charge in [-0.1, -0.05) is 35.1 Å². The van der Waals surface area contributed by atoms with Crippen LogP contribution in [0.2, 0.25) is 5.02 Å². The molecule has 1 fully saturated rings. The van der Waals surface area contributed by atoms with Crippen LogP contribution in [0.4, 0.5) is 5.13 Å². The summed E-state index contributed by atoms with van der Waals surface area (Å²) in [4.78, 5) is 45.0. The van der Waals surface area contributed by atoms with Crippen molar-refractivity contribution in [3.05, 3.63) is 55.7 Å². The standard InChI is InChI=1S/C21H24ClN5O3S/c1-2-26-19(29)17-18(24-20(31-17)25-11-3-4-12-25)27(21(26)30)13-16(28)23-10-9-14-5-7-15(22)8-6-14/h5-8H,2-4,9-13H2,1H3,(H,23,28). The van der Waals surface area contributed by atoms with E-state index in [-0.39, 0.29) is 24.6 Å². The third-order valence-electron chi connectivity index (χ3n) is 5.40. The second-order valence-corrected chi connectivity index (χ2v) is 8.90. The van der Waals surface area contributed by atoms with Crippen molar-refractivity contribution in [1.29, 1.82) is 0 Å². The van der Waals surface area contributed by atoms with Crippen LogP contribution in [-0.2, 0) is 24.3 Å². The van der Waals surface area contributed by atoms with Crippen LogP contribution in [0, 0.1) is 0 Å². The summed E-state index contributed by atoms with van der Waals surface area (Å²) in [6.45, 7) is 4.01. The molecular weight excluding hydrogens is 438 g/mol. The fourth-order valence-corrected chi connectivity index (χ4v) is 4.93. The Morgan fingerprint density at radius 3 is 2.55 bits per heavy atom. The summed E-state index contributed by atoms with van der Waals surface area (Å²) >= 11 is 7.19. The highest BCUT2D eigenvalue weighted by molar-refractivity contribution is 7.22. The van der Waals surface area contributed by atoms with Gasteiger partial charge >= 0.3 is 5.69 Å². The van der Waals surface area contributed by atoms with Crippen molar-refractivity contribution in [2.45, 2.75) is 39.3 Å². The number of carbonyl (C=O) groups excluding carboxylic acids is 1. The quantitative estimate of drug-likeness (QED) is 0.583. The van der Waals surface area contributed by atoms with Crippen LogP contribution >= 0.6 is 22.9 Å². The first kappa shape index (κ1) is 21.6. The van der Waals surface area contributed by atoms with Gasteiger partial charge in [0.2, 0.25) is 5.91 Å². The number of aromatic nitrogens is 3. The van der Waals surface area contributed by atoms with Crippen LogP contribution < -0.4 is 21.5 Å². The molecule has 0 aliphatic carbocycles. The maximum Gasteiger partial charge on any atom is 0.333 e. The van der Waals surface area contributed by atoms with E-state index in [0.717, 1.165) is 41.2 Å². The van der Waals surface area contributed by atoms with Crippen LogP contribution in [0.25, 0.3) is 10.3 Å². The number of benzene rings is 1. The molecule has 0 radical (unpaired) electrons. The van der Waals surface area contributed by atoms with Gasteiger partial charge in [0.1, 0.15) is 11.2 Å². The molecule has 31 heavy (non-hydrogen) atoms. The Morgan fingerprint density at radius 2 is 1.87 bits per heavy atom. The third-order valence-corrected chi connectivity index (χ3v) is 6.74. The number of fused-ring (bicyclic) bond motifs is 1. The Morgan fingerprint density at radius 1 is 1.16 bits per heavy atom. The lowest BCUT2D eigenvalue weighted by molar-refractivity contribution is -0.121. The molecule has 164 valence electrons. The SMILES string of the molecule is CCn1c(=O)c2sc(N3CCCC3)nc2n(CC(=O)NCCc2ccc(Cl)cc2)c1=O. The Hall–Kier alpha value is -2.65. The summed E-state index contributed by atoms with van der Waals surface area (Å²) < 4.78 is 2.89. The minimum absolute atomic E-state index is 0.181. The molecule has 1 saturated heterocycles. The number of carbonyl (C=O) groups is 1. The minimum atomic E-state index is -0.508. The van der Waals surface area contributed by atoms with Gasteiger partial charge in [-0.05, 0) is 43.9 Å². The predicted molar refractivity (Wildman–Crippen MR) is 123 cm³/mol. The number of nitrogens with zero attached hydrogens (tertiary/aromatic N) is 4. The van der Waals surface area contributed by atoms with Gasteiger partial charge in [-0.3, -0.25) is 18.7 Å². The van der Waals surface area contributed by atoms with E-state index in [2.05, 4.69) is 15.2 Å². The summed E-state index contributed by atoms with van der Waals surface area (Å²) in [7, 11) is 0. The van der Waals surface area contributed by atoms with Gasteiger partial charge in [0.15, 0.2) is 10.8 Å². The molecule has 1 aliphatic rings. The molecule has 0 bridgehead atoms. The molecule has 0 atom stereocenters. The highest BCUT2D eigenvalue weighted by Crippen LogP contribution is 2.28. The van der Waals surface area contributed by atoms with Crippen LogP contribution in [-0.4, -0.2) is 39.7 Å². The zero-order valence-corrected chi connectivity index (χ0v) is 18.8. The molecule has 8 nitrogen and oxygen atoms in total. The van der Waals surface area contributed by atoms with Crippen molar-refractivity contribution in [2.75, 3.05) is 24.5 Å². The first-order valence-corrected chi connectivity index (χ1v) is 11.6. The van der Waals surface area contributed by atoms with Crippen LogP contribution in [0.15, 0.2) is 33.9 Å². The van der Waals surface area contributed by atoms with Crippen LogP contribution in [0.5, 0.6) is 0 Å². The minimum Gasteiger partial charge on any atom is -0.354 e. The molecule has 1 aromatic carbocycles. The van der Waals surface area contributed by atoms with E-state index in [1.165, 1.54) is 15.9 Å². The highest BCUT2D eigenvalue weighted by atomic mass is 35.5. The summed E-state index contributed by atoms with van der Waals surface area (Å²) in [5.74, 6) is -0.297. The van der Waals surface area contributed by atoms with E-state index >= 15 is 0 Å². The van der Waals surface area contributed by atoms with Gasteiger partial charge in [-0.25, -0.2) is 9.78 Å². The molecule has 4 rings (SSSR count). The molecule has 1 amide bonds. The molecule has 1 N–H and O–H groups in total. The second-order valence-electron chi connectivity index (χ2n) is 7.49. The normalized spacial score (nSPS) is 13.8. The van der Waals surface area contributed by atoms with Gasteiger partial charge in [0.05, 0.1) is 0 Å². The van der Waals surface area contributed by atoms with E-state index in [1.807, 2.05) is 24.3 Å². The first-order chi connectivity index (χ1) is 15.0. The molecule has 0 saturated carbocycles. The Kier molecular flexibility index (Phi) is 6.43. The zero-order valence-electron chi connectivity index (χ0n) is 17.3. The Bertz CT molecular complexity index is 1210. The lowest BCUT2D eigenvalue weighted by atomic mass is 10.1. The van der Waals surface area contributed by atoms with Crippen molar-refractivity contribution in [3.63, 3.8) is 0 Å². The largest absolute Gasteiger partial charge is 0.354 e. The molecule has 2 aromatic heterocycles. The van der Waals surface area contributed by atoms with E-state index in [0.29, 0.717) is 28.3 Å². The van der Waals surface area contributed by atoms with Crippen LogP contribution in [0.3, 0.4) is 0 Å². The van der Waals surface area contributed by atoms with Crippen molar-refractivity contribution in [2.24, 2.45) is 0 Å². The molecule has 3 aromatic rings. The number of nitrogens with one attached hydrogen (secondary N) is 1. The fraction of sp³-hybridized carbons (Fsp3) is 0.429. The predicted octanol–water partition coefficient (Wildman–Crippen LogP) is 2.25. The topological polar surface area (TPSA) is 89.2 Å². The third kappa shape index (κ3) is 4.52. The average molecular weight is 462 g/mol. The van der Waals surface area contributed by atoms with E-state index in [9.17, 15) is 14.4 Å². The van der Waals surface area contributed by atoms with Gasteiger partial charge in [0.25, 0.3) is 5.56 Å². The Balaban J connectivity index is 1.56. The summed E-state index contributed by atoms with van der Waals surface area (Å²) in [5.41, 5.74) is 0.494. The van der Waals surface area contributed by atoms with Gasteiger partial charge in [0, 0.05) is 31.2 Å². The highest BCUT2D eigenvalue weighted by Gasteiger charge is 2.22. The summed E-state index contributed by atoms with van der Waals surface area (Å²) in [5, 5.41) is 4.24. The second kappa shape index (κ2) is 9.23. The molecule has 0 unspecified atom stereocenters. The number of hydrogen-bond donors (Lipinski definition) is 1. The maximum atomic E-state index is 12.9. The fourth-order valence-electron chi connectivity index (χ4n) is 3.73. The molecule has 3 heterocycles. The first-order valence-electron chi connectivity index (χ1n) is 10.4. The van der Waals surface area contributed by atoms with Crippen molar-refractivity contribution in [3.8, 4) is 0 Å². The smallest absolute Gasteiger partial charge is 0.333 e. The molecule has 1 aliphatic heterocycles. The van der Waals surface area contributed by atoms with Crippen molar-refractivity contribution >= 4 is 44.3 Å². The number of rotatable bonds is 7.